The van der Waals surface area contributed by atoms with Crippen molar-refractivity contribution in [3.05, 3.63) is 30.1 Å². The molecule has 1 aliphatic carbocycles. The second kappa shape index (κ2) is 3.17. The summed E-state index contributed by atoms with van der Waals surface area (Å²) in [5, 5.41) is 9.73. The minimum Gasteiger partial charge on any atom is -0.274 e. The predicted octanol–water partition coefficient (Wildman–Crippen LogP) is 1.96. The summed E-state index contributed by atoms with van der Waals surface area (Å²) in [5.41, 5.74) is 1.10. The lowest BCUT2D eigenvalue weighted by molar-refractivity contribution is 0.0891. The van der Waals surface area contributed by atoms with Crippen LogP contribution in [-0.2, 0) is 0 Å². The van der Waals surface area contributed by atoms with Gasteiger partial charge in [-0.15, -0.1) is 0 Å². The van der Waals surface area contributed by atoms with E-state index in [1.807, 2.05) is 6.07 Å². The van der Waals surface area contributed by atoms with E-state index in [-0.39, 0.29) is 11.8 Å². The number of nitriles is 1. The van der Waals surface area contributed by atoms with Gasteiger partial charge in [-0.25, -0.2) is 4.98 Å². The van der Waals surface area contributed by atoms with Crippen molar-refractivity contribution in [2.75, 3.05) is 0 Å². The largest absolute Gasteiger partial charge is 0.274 e. The van der Waals surface area contributed by atoms with Crippen LogP contribution in [0.25, 0.3) is 11.0 Å². The van der Waals surface area contributed by atoms with Gasteiger partial charge in [-0.2, -0.15) is 5.26 Å². The average Bonchev–Trinajstić information content (AvgIpc) is 3.09. The Morgan fingerprint density at radius 1 is 1.56 bits per heavy atom. The second-order valence-corrected chi connectivity index (χ2v) is 4.01. The van der Waals surface area contributed by atoms with Crippen LogP contribution < -0.4 is 0 Å². The lowest BCUT2D eigenvalue weighted by Gasteiger charge is -2.00. The molecule has 2 heterocycles. The van der Waals surface area contributed by atoms with E-state index in [2.05, 4.69) is 11.1 Å². The summed E-state index contributed by atoms with van der Waals surface area (Å²) >= 11 is 0. The number of hydrogen-bond acceptors (Lipinski definition) is 3. The summed E-state index contributed by atoms with van der Waals surface area (Å²) in [5.74, 6) is 0.189. The van der Waals surface area contributed by atoms with E-state index < -0.39 is 0 Å². The Morgan fingerprint density at radius 2 is 2.38 bits per heavy atom. The van der Waals surface area contributed by atoms with Crippen LogP contribution >= 0.6 is 0 Å². The van der Waals surface area contributed by atoms with Crippen molar-refractivity contribution in [2.24, 2.45) is 5.92 Å². The van der Waals surface area contributed by atoms with Gasteiger partial charge in [-0.1, -0.05) is 0 Å². The molecule has 0 saturated heterocycles. The topological polar surface area (TPSA) is 58.7 Å². The molecule has 4 nitrogen and oxygen atoms in total. The van der Waals surface area contributed by atoms with E-state index >= 15 is 0 Å². The van der Waals surface area contributed by atoms with Gasteiger partial charge in [0.25, 0.3) is 0 Å². The first-order chi connectivity index (χ1) is 7.81. The van der Waals surface area contributed by atoms with E-state index in [1.165, 1.54) is 4.57 Å². The first-order valence-corrected chi connectivity index (χ1v) is 5.21. The molecule has 0 bridgehead atoms. The number of aromatic nitrogens is 2. The highest BCUT2D eigenvalue weighted by atomic mass is 16.2. The first kappa shape index (κ1) is 9.10. The molecule has 0 radical (unpaired) electrons. The van der Waals surface area contributed by atoms with Gasteiger partial charge in [0.2, 0.25) is 5.91 Å². The number of carbonyl (C=O) groups excluding carboxylic acids is 1. The maximum Gasteiger partial charge on any atom is 0.235 e. The van der Waals surface area contributed by atoms with E-state index in [0.29, 0.717) is 11.2 Å². The second-order valence-electron chi connectivity index (χ2n) is 4.01. The highest BCUT2D eigenvalue weighted by molar-refractivity contribution is 5.95. The van der Waals surface area contributed by atoms with E-state index in [4.69, 9.17) is 5.26 Å². The Morgan fingerprint density at radius 3 is 3.06 bits per heavy atom. The SMILES string of the molecule is N#Cc1cn(C(=O)C2CC2)c2ncccc12. The van der Waals surface area contributed by atoms with Crippen molar-refractivity contribution in [1.29, 1.82) is 5.26 Å². The molecule has 0 amide bonds. The first-order valence-electron chi connectivity index (χ1n) is 5.21. The van der Waals surface area contributed by atoms with Crippen molar-refractivity contribution in [2.45, 2.75) is 12.8 Å². The molecule has 0 aromatic carbocycles. The molecular formula is C12H9N3O. The van der Waals surface area contributed by atoms with Crippen LogP contribution in [-0.4, -0.2) is 15.5 Å². The Balaban J connectivity index is 2.25. The van der Waals surface area contributed by atoms with Crippen LogP contribution in [0.15, 0.2) is 24.5 Å². The van der Waals surface area contributed by atoms with Crippen LogP contribution in [0.5, 0.6) is 0 Å². The smallest absolute Gasteiger partial charge is 0.235 e. The number of carbonyl (C=O) groups is 1. The standard InChI is InChI=1S/C12H9N3O/c13-6-9-7-15(12(16)8-3-4-8)11-10(9)2-1-5-14-11/h1-2,5,7-8H,3-4H2. The van der Waals surface area contributed by atoms with E-state index in [1.54, 1.807) is 18.5 Å². The van der Waals surface area contributed by atoms with E-state index in [9.17, 15) is 4.79 Å². The molecule has 0 aliphatic heterocycles. The van der Waals surface area contributed by atoms with Crippen molar-refractivity contribution in [1.82, 2.24) is 9.55 Å². The maximum atomic E-state index is 12.0. The molecule has 3 rings (SSSR count). The van der Waals surface area contributed by atoms with Crippen LogP contribution in [0.3, 0.4) is 0 Å². The zero-order chi connectivity index (χ0) is 11.1. The molecular weight excluding hydrogens is 202 g/mol. The van der Waals surface area contributed by atoms with Crippen molar-refractivity contribution >= 4 is 16.9 Å². The van der Waals surface area contributed by atoms with Gasteiger partial charge in [0, 0.05) is 23.7 Å². The van der Waals surface area contributed by atoms with Crippen molar-refractivity contribution < 1.29 is 4.79 Å². The summed E-state index contributed by atoms with van der Waals surface area (Å²) in [6, 6.07) is 5.68. The average molecular weight is 211 g/mol. The molecule has 0 atom stereocenters. The molecule has 16 heavy (non-hydrogen) atoms. The number of rotatable bonds is 1. The molecule has 0 spiro atoms. The molecule has 2 aromatic heterocycles. The van der Waals surface area contributed by atoms with E-state index in [0.717, 1.165) is 18.2 Å². The Hall–Kier alpha value is -2.15. The Labute approximate surface area is 92.1 Å². The Kier molecular flexibility index (Phi) is 1.80. The molecule has 0 unspecified atom stereocenters. The predicted molar refractivity (Wildman–Crippen MR) is 57.8 cm³/mol. The monoisotopic (exact) mass is 211 g/mol. The van der Waals surface area contributed by atoms with Gasteiger partial charge < -0.3 is 0 Å². The molecule has 1 aliphatic rings. The quantitative estimate of drug-likeness (QED) is 0.724. The normalized spacial score (nSPS) is 14.9. The van der Waals surface area contributed by atoms with Gasteiger partial charge in [0.15, 0.2) is 0 Å². The van der Waals surface area contributed by atoms with Gasteiger partial charge in [-0.05, 0) is 25.0 Å². The minimum absolute atomic E-state index is 0.0604. The summed E-state index contributed by atoms with van der Waals surface area (Å²) in [7, 11) is 0. The molecule has 1 fully saturated rings. The number of pyridine rings is 1. The maximum absolute atomic E-state index is 12.0. The fraction of sp³-hybridized carbons (Fsp3) is 0.250. The zero-order valence-electron chi connectivity index (χ0n) is 8.55. The fourth-order valence-electron chi connectivity index (χ4n) is 1.84. The molecule has 1 saturated carbocycles. The van der Waals surface area contributed by atoms with Crippen LogP contribution in [0, 0.1) is 17.2 Å². The molecule has 4 heteroatoms. The zero-order valence-corrected chi connectivity index (χ0v) is 8.55. The fourth-order valence-corrected chi connectivity index (χ4v) is 1.84. The highest BCUT2D eigenvalue weighted by Crippen LogP contribution is 2.32. The lowest BCUT2D eigenvalue weighted by atomic mass is 10.2. The molecule has 0 N–H and O–H groups in total. The highest BCUT2D eigenvalue weighted by Gasteiger charge is 2.32. The van der Waals surface area contributed by atoms with Gasteiger partial charge >= 0.3 is 0 Å². The van der Waals surface area contributed by atoms with Gasteiger partial charge in [0.1, 0.15) is 11.7 Å². The number of hydrogen-bond donors (Lipinski definition) is 0. The van der Waals surface area contributed by atoms with Crippen LogP contribution in [0.2, 0.25) is 0 Å². The van der Waals surface area contributed by atoms with Crippen molar-refractivity contribution in [3.63, 3.8) is 0 Å². The summed E-state index contributed by atoms with van der Waals surface area (Å²) < 4.78 is 1.52. The van der Waals surface area contributed by atoms with Crippen LogP contribution in [0.1, 0.15) is 23.2 Å². The third-order valence-electron chi connectivity index (χ3n) is 2.85. The van der Waals surface area contributed by atoms with Gasteiger partial charge in [0.05, 0.1) is 5.56 Å². The Bertz CT molecular complexity index is 617. The third-order valence-corrected chi connectivity index (χ3v) is 2.85. The third kappa shape index (κ3) is 1.22. The minimum atomic E-state index is 0.0604. The van der Waals surface area contributed by atoms with Crippen LogP contribution in [0.4, 0.5) is 0 Å². The summed E-state index contributed by atoms with van der Waals surface area (Å²) in [4.78, 5) is 16.1. The summed E-state index contributed by atoms with van der Waals surface area (Å²) in [6.45, 7) is 0. The molecule has 78 valence electrons. The number of fused-ring (bicyclic) bond motifs is 1. The molecule has 2 aromatic rings. The van der Waals surface area contributed by atoms with Crippen molar-refractivity contribution in [3.8, 4) is 6.07 Å². The number of nitrogens with zero attached hydrogens (tertiary/aromatic N) is 3. The lowest BCUT2D eigenvalue weighted by Crippen LogP contribution is -2.11. The van der Waals surface area contributed by atoms with Gasteiger partial charge in [-0.3, -0.25) is 9.36 Å². The summed E-state index contributed by atoms with van der Waals surface area (Å²) in [6.07, 6.45) is 5.14.